The minimum Gasteiger partial charge on any atom is -0.290 e. The van der Waals surface area contributed by atoms with E-state index in [-0.39, 0.29) is 5.57 Å². The highest BCUT2D eigenvalue weighted by Gasteiger charge is 2.46. The zero-order valence-corrected chi connectivity index (χ0v) is 8.76. The maximum atomic E-state index is 12.0. The number of halogens is 3. The van der Waals surface area contributed by atoms with Gasteiger partial charge in [-0.3, -0.25) is 4.79 Å². The summed E-state index contributed by atoms with van der Waals surface area (Å²) in [6, 6.07) is 0. The van der Waals surface area contributed by atoms with Crippen LogP contribution >= 0.6 is 0 Å². The monoisotopic (exact) mass is 253 g/mol. The topological polar surface area (TPSA) is 63.6 Å². The quantitative estimate of drug-likeness (QED) is 0.663. The molecule has 0 bridgehead atoms. The number of ketones is 1. The zero-order chi connectivity index (χ0) is 12.6. The van der Waals surface area contributed by atoms with Gasteiger partial charge in [0.25, 0.3) is 0 Å². The Labute approximate surface area is 89.2 Å². The number of rotatable bonds is 1. The average Bonchev–Trinajstić information content (AvgIpc) is 2.08. The molecule has 4 nitrogen and oxygen atoms in total. The lowest BCUT2D eigenvalue weighted by molar-refractivity contribution is -0.110. The molecule has 0 atom stereocenters. The first-order chi connectivity index (χ1) is 7.13. The second-order valence-corrected chi connectivity index (χ2v) is 4.56. The second-order valence-electron chi connectivity index (χ2n) is 2.96. The lowest BCUT2D eigenvalue weighted by atomic mass is 10.1. The molecule has 0 aromatic carbocycles. The number of allylic oxidation sites excluding steroid dienone is 4. The van der Waals surface area contributed by atoms with E-state index in [0.717, 1.165) is 18.2 Å². The van der Waals surface area contributed by atoms with Gasteiger partial charge in [0.15, 0.2) is 5.78 Å². The van der Waals surface area contributed by atoms with E-state index in [9.17, 15) is 26.4 Å². The Morgan fingerprint density at radius 2 is 1.81 bits per heavy atom. The molecule has 0 saturated heterocycles. The molecular weight excluding hydrogens is 247 g/mol. The molecule has 0 radical (unpaired) electrons. The molecular formula is C8H6F3NO3S. The predicted molar refractivity (Wildman–Crippen MR) is 50.3 cm³/mol. The Hall–Kier alpha value is -1.44. The molecule has 0 amide bonds. The summed E-state index contributed by atoms with van der Waals surface area (Å²) < 4.78 is 59.9. The van der Waals surface area contributed by atoms with E-state index in [1.807, 2.05) is 0 Å². The van der Waals surface area contributed by atoms with Gasteiger partial charge in [-0.2, -0.15) is 26.0 Å². The molecule has 0 aromatic rings. The zero-order valence-electron chi connectivity index (χ0n) is 7.95. The number of carbonyl (C=O) groups excluding carboxylic acids is 1. The molecule has 1 rings (SSSR count). The number of hydrogen-bond acceptors (Lipinski definition) is 3. The highest BCUT2D eigenvalue weighted by Crippen LogP contribution is 2.25. The Morgan fingerprint density at radius 1 is 1.25 bits per heavy atom. The molecule has 88 valence electrons. The van der Waals surface area contributed by atoms with E-state index in [1.54, 1.807) is 0 Å². The van der Waals surface area contributed by atoms with Gasteiger partial charge in [0, 0.05) is 0 Å². The number of nitrogens with zero attached hydrogens (tertiary/aromatic N) is 1. The molecule has 0 aromatic heterocycles. The number of alkyl halides is 3. The first-order valence-corrected chi connectivity index (χ1v) is 5.39. The van der Waals surface area contributed by atoms with Crippen LogP contribution in [0.2, 0.25) is 0 Å². The van der Waals surface area contributed by atoms with Gasteiger partial charge in [0.2, 0.25) is 0 Å². The standard InChI is InChI=1S/C8H6F3NO3S/c1-5-4-6(13)2-3-7(5)12-16(14,15)8(9,10)11/h2-4H,1H3. The van der Waals surface area contributed by atoms with Crippen molar-refractivity contribution >= 4 is 21.5 Å². The molecule has 0 heterocycles. The fourth-order valence-corrected chi connectivity index (χ4v) is 1.48. The fourth-order valence-electron chi connectivity index (χ4n) is 0.912. The molecule has 16 heavy (non-hydrogen) atoms. The van der Waals surface area contributed by atoms with Crippen LogP contribution in [0.3, 0.4) is 0 Å². The minimum atomic E-state index is -5.56. The summed E-state index contributed by atoms with van der Waals surface area (Å²) in [5.74, 6) is -0.430. The van der Waals surface area contributed by atoms with E-state index in [0.29, 0.717) is 0 Å². The molecule has 1 aliphatic rings. The van der Waals surface area contributed by atoms with E-state index in [4.69, 9.17) is 0 Å². The highest BCUT2D eigenvalue weighted by molar-refractivity contribution is 7.91. The Balaban J connectivity index is 3.19. The number of hydrogen-bond donors (Lipinski definition) is 0. The summed E-state index contributed by atoms with van der Waals surface area (Å²) in [5.41, 5.74) is -5.76. The number of carbonyl (C=O) groups is 1. The van der Waals surface area contributed by atoms with Gasteiger partial charge in [0.1, 0.15) is 0 Å². The van der Waals surface area contributed by atoms with Crippen molar-refractivity contribution in [2.75, 3.05) is 0 Å². The molecule has 0 unspecified atom stereocenters. The van der Waals surface area contributed by atoms with Crippen molar-refractivity contribution in [1.29, 1.82) is 0 Å². The Kier molecular flexibility index (Phi) is 3.04. The summed E-state index contributed by atoms with van der Waals surface area (Å²) in [6.45, 7) is 1.30. The van der Waals surface area contributed by atoms with Crippen molar-refractivity contribution < 1.29 is 26.4 Å². The van der Waals surface area contributed by atoms with Gasteiger partial charge in [-0.15, -0.1) is 0 Å². The van der Waals surface area contributed by atoms with Gasteiger partial charge in [-0.05, 0) is 30.7 Å². The number of sulfonamides is 1. The predicted octanol–water partition coefficient (Wildman–Crippen LogP) is 1.36. The summed E-state index contributed by atoms with van der Waals surface area (Å²) in [5, 5.41) is 0. The van der Waals surface area contributed by atoms with Crippen LogP contribution in [0.15, 0.2) is 28.2 Å². The van der Waals surface area contributed by atoms with Crippen LogP contribution in [0, 0.1) is 0 Å². The van der Waals surface area contributed by atoms with Crippen molar-refractivity contribution in [3.05, 3.63) is 23.8 Å². The molecule has 0 aliphatic heterocycles. The van der Waals surface area contributed by atoms with Crippen molar-refractivity contribution in [3.8, 4) is 0 Å². The lowest BCUT2D eigenvalue weighted by Crippen LogP contribution is -2.22. The first kappa shape index (κ1) is 12.6. The van der Waals surface area contributed by atoms with Crippen LogP contribution in [0.1, 0.15) is 6.92 Å². The highest BCUT2D eigenvalue weighted by atomic mass is 32.2. The molecule has 0 N–H and O–H groups in total. The van der Waals surface area contributed by atoms with Crippen LogP contribution in [0.25, 0.3) is 0 Å². The third-order valence-corrected chi connectivity index (χ3v) is 2.70. The van der Waals surface area contributed by atoms with Crippen molar-refractivity contribution in [2.24, 2.45) is 4.40 Å². The average molecular weight is 253 g/mol. The first-order valence-electron chi connectivity index (χ1n) is 3.95. The van der Waals surface area contributed by atoms with Crippen LogP contribution in [0.5, 0.6) is 0 Å². The van der Waals surface area contributed by atoms with Crippen molar-refractivity contribution in [1.82, 2.24) is 0 Å². The van der Waals surface area contributed by atoms with E-state index < -0.39 is 27.0 Å². The van der Waals surface area contributed by atoms with Crippen LogP contribution in [-0.2, 0) is 14.8 Å². The third kappa shape index (κ3) is 2.57. The summed E-state index contributed by atoms with van der Waals surface area (Å²) in [4.78, 5) is 10.8. The second kappa shape index (κ2) is 3.85. The molecule has 0 saturated carbocycles. The molecule has 1 aliphatic carbocycles. The van der Waals surface area contributed by atoms with Gasteiger partial charge in [0.05, 0.1) is 5.71 Å². The minimum absolute atomic E-state index is 0.0697. The van der Waals surface area contributed by atoms with Gasteiger partial charge in [-0.1, -0.05) is 0 Å². The summed E-state index contributed by atoms with van der Waals surface area (Å²) in [6.07, 6.45) is 2.88. The smallest absolute Gasteiger partial charge is 0.290 e. The van der Waals surface area contributed by atoms with E-state index >= 15 is 0 Å². The maximum Gasteiger partial charge on any atom is 0.518 e. The van der Waals surface area contributed by atoms with E-state index in [1.165, 1.54) is 6.92 Å². The van der Waals surface area contributed by atoms with Crippen LogP contribution < -0.4 is 0 Å². The van der Waals surface area contributed by atoms with Gasteiger partial charge >= 0.3 is 15.5 Å². The van der Waals surface area contributed by atoms with Crippen LogP contribution in [0.4, 0.5) is 13.2 Å². The molecule has 0 fully saturated rings. The van der Waals surface area contributed by atoms with Gasteiger partial charge in [-0.25, -0.2) is 0 Å². The normalized spacial score (nSPS) is 20.1. The van der Waals surface area contributed by atoms with Crippen molar-refractivity contribution in [2.45, 2.75) is 12.4 Å². The Bertz CT molecular complexity index is 511. The third-order valence-electron chi connectivity index (χ3n) is 1.68. The van der Waals surface area contributed by atoms with Gasteiger partial charge < -0.3 is 0 Å². The van der Waals surface area contributed by atoms with Crippen LogP contribution in [-0.4, -0.2) is 25.4 Å². The Morgan fingerprint density at radius 3 is 2.25 bits per heavy atom. The van der Waals surface area contributed by atoms with E-state index in [2.05, 4.69) is 4.40 Å². The van der Waals surface area contributed by atoms with Crippen molar-refractivity contribution in [3.63, 3.8) is 0 Å². The largest absolute Gasteiger partial charge is 0.518 e. The maximum absolute atomic E-state index is 12.0. The molecule has 8 heteroatoms. The fraction of sp³-hybridized carbons (Fsp3) is 0.250. The lowest BCUT2D eigenvalue weighted by Gasteiger charge is -2.07. The summed E-state index contributed by atoms with van der Waals surface area (Å²) >= 11 is 0. The SMILES string of the molecule is CC1=CC(=O)C=CC1=NS(=O)(=O)C(F)(F)F. The summed E-state index contributed by atoms with van der Waals surface area (Å²) in [7, 11) is -5.56. The molecule has 0 spiro atoms.